The summed E-state index contributed by atoms with van der Waals surface area (Å²) < 4.78 is 1.76. The number of aryl methyl sites for hydroxylation is 1. The number of carbonyl (C=O) groups is 1. The molecule has 0 unspecified atom stereocenters. The maximum absolute atomic E-state index is 11.5. The third-order valence-corrected chi connectivity index (χ3v) is 7.20. The molecule has 1 atom stereocenters. The minimum atomic E-state index is -0.867. The first-order valence-electron chi connectivity index (χ1n) is 12.6. The molecule has 1 aliphatic rings. The Morgan fingerprint density at radius 2 is 1.95 bits per heavy atom. The predicted octanol–water partition coefficient (Wildman–Crippen LogP) is 4.50. The van der Waals surface area contributed by atoms with Gasteiger partial charge in [0.25, 0.3) is 0 Å². The summed E-state index contributed by atoms with van der Waals surface area (Å²) in [6.07, 6.45) is 5.01. The lowest BCUT2D eigenvalue weighted by molar-refractivity contribution is 0.122. The number of nitrogens with one attached hydrogen (secondary N) is 1. The van der Waals surface area contributed by atoms with Crippen molar-refractivity contribution in [1.29, 1.82) is 0 Å². The van der Waals surface area contributed by atoms with Crippen molar-refractivity contribution in [3.05, 3.63) is 84.1 Å². The first-order chi connectivity index (χ1) is 18.4. The highest BCUT2D eigenvalue weighted by Gasteiger charge is 2.27. The van der Waals surface area contributed by atoms with Gasteiger partial charge in [0.05, 0.1) is 5.52 Å². The Kier molecular flexibility index (Phi) is 5.99. The smallest absolute Gasteiger partial charge is 0.407 e. The summed E-state index contributed by atoms with van der Waals surface area (Å²) in [5, 5.41) is 18.0. The minimum absolute atomic E-state index is 0.0821. The third-order valence-electron chi connectivity index (χ3n) is 7.20. The summed E-state index contributed by atoms with van der Waals surface area (Å²) >= 11 is 0. The second kappa shape index (κ2) is 9.62. The summed E-state index contributed by atoms with van der Waals surface area (Å²) in [6.45, 7) is 5.81. The third kappa shape index (κ3) is 4.56. The first-order valence-corrected chi connectivity index (χ1v) is 12.6. The van der Waals surface area contributed by atoms with E-state index in [4.69, 9.17) is 0 Å². The number of amides is 1. The zero-order valence-electron chi connectivity index (χ0n) is 21.2. The molecule has 0 aliphatic carbocycles. The topological polar surface area (TPSA) is 112 Å². The molecular formula is C28H28N8O2. The van der Waals surface area contributed by atoms with Crippen LogP contribution in [0.3, 0.4) is 0 Å². The van der Waals surface area contributed by atoms with E-state index in [1.807, 2.05) is 25.3 Å². The summed E-state index contributed by atoms with van der Waals surface area (Å²) in [5.41, 5.74) is 7.27. The van der Waals surface area contributed by atoms with Gasteiger partial charge >= 0.3 is 6.09 Å². The van der Waals surface area contributed by atoms with Gasteiger partial charge in [-0.25, -0.2) is 24.3 Å². The van der Waals surface area contributed by atoms with E-state index in [2.05, 4.69) is 73.6 Å². The summed E-state index contributed by atoms with van der Waals surface area (Å²) in [7, 11) is 0. The summed E-state index contributed by atoms with van der Waals surface area (Å²) in [5.74, 6) is 0.735. The van der Waals surface area contributed by atoms with Gasteiger partial charge in [-0.3, -0.25) is 0 Å². The monoisotopic (exact) mass is 508 g/mol. The number of hydrogen-bond donors (Lipinski definition) is 2. The van der Waals surface area contributed by atoms with Gasteiger partial charge in [0.1, 0.15) is 18.5 Å². The highest BCUT2D eigenvalue weighted by atomic mass is 16.4. The average Bonchev–Trinajstić information content (AvgIpc) is 3.38. The van der Waals surface area contributed by atoms with Crippen LogP contribution in [0.15, 0.2) is 67.4 Å². The van der Waals surface area contributed by atoms with Crippen molar-refractivity contribution in [1.82, 2.24) is 29.5 Å². The lowest BCUT2D eigenvalue weighted by atomic mass is 10.0. The van der Waals surface area contributed by atoms with Crippen molar-refractivity contribution >= 4 is 39.8 Å². The molecule has 1 saturated heterocycles. The van der Waals surface area contributed by atoms with E-state index < -0.39 is 6.09 Å². The lowest BCUT2D eigenvalue weighted by Gasteiger charge is -2.39. The normalized spacial score (nSPS) is 15.8. The van der Waals surface area contributed by atoms with Gasteiger partial charge < -0.3 is 20.2 Å². The molecule has 0 bridgehead atoms. The zero-order chi connectivity index (χ0) is 26.2. The fraction of sp³-hybridized carbons (Fsp3) is 0.250. The molecule has 0 saturated carbocycles. The Labute approximate surface area is 219 Å². The minimum Gasteiger partial charge on any atom is -0.465 e. The van der Waals surface area contributed by atoms with Crippen LogP contribution in [0.4, 0.5) is 22.0 Å². The van der Waals surface area contributed by atoms with Crippen LogP contribution in [0.25, 0.3) is 16.6 Å². The van der Waals surface area contributed by atoms with Crippen LogP contribution >= 0.6 is 0 Å². The van der Waals surface area contributed by atoms with E-state index in [-0.39, 0.29) is 6.04 Å². The SMILES string of the molecule is Cc1cc(Nc2ncnc3ccc(N4CCN(C(=O)O)[C@H](C)C4)cc23)ccc1Cc1ccn2ncnc2c1. The van der Waals surface area contributed by atoms with Crippen molar-refractivity contribution in [3.8, 4) is 0 Å². The molecular weight excluding hydrogens is 480 g/mol. The highest BCUT2D eigenvalue weighted by Crippen LogP contribution is 2.29. The molecule has 10 nitrogen and oxygen atoms in total. The fourth-order valence-electron chi connectivity index (χ4n) is 5.11. The van der Waals surface area contributed by atoms with E-state index >= 15 is 0 Å². The van der Waals surface area contributed by atoms with Crippen molar-refractivity contribution in [3.63, 3.8) is 0 Å². The molecule has 3 aromatic heterocycles. The molecule has 1 aliphatic heterocycles. The number of carboxylic acid groups (broad SMARTS) is 1. The van der Waals surface area contributed by atoms with Crippen LogP contribution in [0.5, 0.6) is 0 Å². The Balaban J connectivity index is 1.23. The Hall–Kier alpha value is -4.73. The average molecular weight is 509 g/mol. The first kappa shape index (κ1) is 23.7. The highest BCUT2D eigenvalue weighted by molar-refractivity contribution is 5.93. The van der Waals surface area contributed by atoms with Gasteiger partial charge in [0, 0.05) is 48.6 Å². The van der Waals surface area contributed by atoms with Gasteiger partial charge in [-0.2, -0.15) is 5.10 Å². The number of pyridine rings is 1. The molecule has 38 heavy (non-hydrogen) atoms. The summed E-state index contributed by atoms with van der Waals surface area (Å²) in [6, 6.07) is 16.5. The molecule has 5 aromatic rings. The number of nitrogens with zero attached hydrogens (tertiary/aromatic N) is 7. The van der Waals surface area contributed by atoms with E-state index in [0.29, 0.717) is 19.6 Å². The van der Waals surface area contributed by atoms with E-state index in [9.17, 15) is 9.90 Å². The number of fused-ring (bicyclic) bond motifs is 2. The van der Waals surface area contributed by atoms with Gasteiger partial charge in [-0.15, -0.1) is 0 Å². The van der Waals surface area contributed by atoms with Gasteiger partial charge in [-0.1, -0.05) is 6.07 Å². The summed E-state index contributed by atoms with van der Waals surface area (Å²) in [4.78, 5) is 28.4. The van der Waals surface area contributed by atoms with Crippen molar-refractivity contribution < 1.29 is 9.90 Å². The molecule has 2 N–H and O–H groups in total. The van der Waals surface area contributed by atoms with Crippen LogP contribution in [0, 0.1) is 6.92 Å². The molecule has 2 aromatic carbocycles. The lowest BCUT2D eigenvalue weighted by Crippen LogP contribution is -2.53. The van der Waals surface area contributed by atoms with Crippen molar-refractivity contribution in [2.45, 2.75) is 26.3 Å². The molecule has 10 heteroatoms. The van der Waals surface area contributed by atoms with Gasteiger partial charge in [-0.05, 0) is 79.4 Å². The van der Waals surface area contributed by atoms with Crippen LogP contribution in [0.1, 0.15) is 23.6 Å². The maximum Gasteiger partial charge on any atom is 0.407 e. The molecule has 0 radical (unpaired) electrons. The predicted molar refractivity (Wildman–Crippen MR) is 146 cm³/mol. The van der Waals surface area contributed by atoms with Gasteiger partial charge in [0.2, 0.25) is 0 Å². The number of rotatable bonds is 5. The van der Waals surface area contributed by atoms with E-state index in [0.717, 1.165) is 40.2 Å². The molecule has 1 fully saturated rings. The standard InChI is InChI=1S/C28H28N8O2/c1-18-11-22(4-3-21(18)12-20-7-8-36-26(13-20)30-17-32-36)33-27-24-14-23(5-6-25(24)29-16-31-27)34-9-10-35(28(37)38)19(2)15-34/h3-8,11,13-14,16-17,19H,9-10,12,15H2,1-2H3,(H,37,38)(H,29,31,33)/t19-/m1/s1. The molecule has 0 spiro atoms. The van der Waals surface area contributed by atoms with Crippen LogP contribution in [0.2, 0.25) is 0 Å². The van der Waals surface area contributed by atoms with Crippen LogP contribution in [-0.4, -0.2) is 66.3 Å². The number of hydrogen-bond acceptors (Lipinski definition) is 7. The molecule has 6 rings (SSSR count). The molecule has 4 heterocycles. The molecule has 1 amide bonds. The Bertz CT molecular complexity index is 1650. The zero-order valence-corrected chi connectivity index (χ0v) is 21.2. The van der Waals surface area contributed by atoms with E-state index in [1.54, 1.807) is 17.2 Å². The van der Waals surface area contributed by atoms with Crippen molar-refractivity contribution in [2.24, 2.45) is 0 Å². The number of benzene rings is 2. The second-order valence-electron chi connectivity index (χ2n) is 9.74. The van der Waals surface area contributed by atoms with Gasteiger partial charge in [0.15, 0.2) is 5.65 Å². The quantitative estimate of drug-likeness (QED) is 0.357. The van der Waals surface area contributed by atoms with Crippen LogP contribution < -0.4 is 10.2 Å². The Morgan fingerprint density at radius 1 is 1.05 bits per heavy atom. The van der Waals surface area contributed by atoms with E-state index in [1.165, 1.54) is 21.6 Å². The number of anilines is 3. The maximum atomic E-state index is 11.5. The van der Waals surface area contributed by atoms with Crippen molar-refractivity contribution in [2.75, 3.05) is 29.9 Å². The van der Waals surface area contributed by atoms with Crippen LogP contribution in [-0.2, 0) is 6.42 Å². The number of piperazine rings is 1. The molecule has 192 valence electrons. The number of aromatic nitrogens is 5. The second-order valence-corrected chi connectivity index (χ2v) is 9.74. The largest absolute Gasteiger partial charge is 0.465 e. The Morgan fingerprint density at radius 3 is 2.76 bits per heavy atom. The fourth-order valence-corrected chi connectivity index (χ4v) is 5.11.